The fraction of sp³-hybridized carbons (Fsp3) is 0.478. The number of amides is 1. The number of likely N-dealkylation sites (tertiary alicyclic amines) is 1. The summed E-state index contributed by atoms with van der Waals surface area (Å²) in [6, 6.07) is 10.0. The summed E-state index contributed by atoms with van der Waals surface area (Å²) < 4.78 is 5.33. The first-order valence-corrected chi connectivity index (χ1v) is 10.9. The van der Waals surface area contributed by atoms with Crippen LogP contribution in [0.4, 0.5) is 5.82 Å². The smallest absolute Gasteiger partial charge is 0.273 e. The summed E-state index contributed by atoms with van der Waals surface area (Å²) in [7, 11) is 0. The van der Waals surface area contributed by atoms with E-state index in [9.17, 15) is 9.90 Å². The average Bonchev–Trinajstić information content (AvgIpc) is 3.40. The van der Waals surface area contributed by atoms with Gasteiger partial charge in [-0.2, -0.15) is 0 Å². The van der Waals surface area contributed by atoms with Gasteiger partial charge in [-0.25, -0.2) is 9.97 Å². The van der Waals surface area contributed by atoms with Crippen molar-refractivity contribution in [3.05, 3.63) is 53.5 Å². The van der Waals surface area contributed by atoms with E-state index in [0.717, 1.165) is 17.7 Å². The molecule has 8 nitrogen and oxygen atoms in total. The summed E-state index contributed by atoms with van der Waals surface area (Å²) in [5.74, 6) is 0.893. The molecule has 1 amide bonds. The number of hydrogen-bond acceptors (Lipinski definition) is 7. The second-order valence-corrected chi connectivity index (χ2v) is 8.62. The number of hydrogen-bond donors (Lipinski definition) is 2. The largest absolute Gasteiger partial charge is 0.389 e. The molecule has 2 saturated heterocycles. The molecule has 0 unspecified atom stereocenters. The quantitative estimate of drug-likeness (QED) is 0.783. The Labute approximate surface area is 181 Å². The second-order valence-electron chi connectivity index (χ2n) is 8.62. The van der Waals surface area contributed by atoms with Gasteiger partial charge in [-0.05, 0) is 24.3 Å². The Morgan fingerprint density at radius 3 is 2.90 bits per heavy atom. The number of nitrogens with zero attached hydrogens (tertiary/aromatic N) is 4. The second kappa shape index (κ2) is 8.36. The fourth-order valence-corrected chi connectivity index (χ4v) is 4.77. The van der Waals surface area contributed by atoms with Gasteiger partial charge < -0.3 is 20.1 Å². The molecule has 8 heteroatoms. The molecule has 162 valence electrons. The molecule has 4 heterocycles. The molecular formula is C23H27N5O3. The standard InChI is InChI=1S/C23H27N5O3/c1-14-9-18(15-5-3-2-4-6-15)28(11-14)23(30)21-20-17(10-24-21)25-13-26-22(20)27-16-7-8-31-12-19(16)29/h2-6,13-14,16,18-19,29H,7-12H2,1H3,(H,25,26,27)/t14-,16+,18+,19+/m0/s1. The van der Waals surface area contributed by atoms with Crippen molar-refractivity contribution in [1.82, 2.24) is 14.9 Å². The van der Waals surface area contributed by atoms with Crippen LogP contribution in [0.15, 0.2) is 41.7 Å². The summed E-state index contributed by atoms with van der Waals surface area (Å²) in [6.45, 7) is 4.10. The number of anilines is 1. The Bertz CT molecular complexity index is 996. The maximum Gasteiger partial charge on any atom is 0.273 e. The number of carbonyl (C=O) groups is 1. The first kappa shape index (κ1) is 20.1. The molecule has 31 heavy (non-hydrogen) atoms. The van der Waals surface area contributed by atoms with Crippen LogP contribution < -0.4 is 5.32 Å². The molecule has 0 aliphatic carbocycles. The van der Waals surface area contributed by atoms with E-state index in [1.807, 2.05) is 23.1 Å². The van der Waals surface area contributed by atoms with Gasteiger partial charge >= 0.3 is 0 Å². The van der Waals surface area contributed by atoms with Gasteiger partial charge in [0.15, 0.2) is 0 Å². The number of aromatic nitrogens is 2. The molecule has 4 atom stereocenters. The van der Waals surface area contributed by atoms with Gasteiger partial charge in [-0.3, -0.25) is 9.79 Å². The molecule has 0 bridgehead atoms. The molecule has 0 spiro atoms. The molecule has 0 radical (unpaired) electrons. The summed E-state index contributed by atoms with van der Waals surface area (Å²) in [5, 5.41) is 13.6. The number of aliphatic hydroxyl groups excluding tert-OH is 1. The normalized spacial score (nSPS) is 27.7. The zero-order valence-corrected chi connectivity index (χ0v) is 17.6. The van der Waals surface area contributed by atoms with Gasteiger partial charge in [0, 0.05) is 13.2 Å². The number of aliphatic hydroxyl groups is 1. The van der Waals surface area contributed by atoms with E-state index in [1.165, 1.54) is 6.33 Å². The minimum absolute atomic E-state index is 0.0359. The molecular weight excluding hydrogens is 394 g/mol. The molecule has 3 aliphatic heterocycles. The highest BCUT2D eigenvalue weighted by Crippen LogP contribution is 2.37. The number of fused-ring (bicyclic) bond motifs is 1. The monoisotopic (exact) mass is 421 g/mol. The molecule has 3 aliphatic rings. The van der Waals surface area contributed by atoms with Crippen LogP contribution in [0.25, 0.3) is 0 Å². The third-order valence-electron chi connectivity index (χ3n) is 6.36. The SMILES string of the molecule is C[C@H]1C[C@H](c2ccccc2)N(C(=O)C2=NCc3ncnc(N[C@@H]4CCOC[C@H]4O)c32)C1. The Hall–Kier alpha value is -2.84. The van der Waals surface area contributed by atoms with Gasteiger partial charge in [0.1, 0.15) is 17.9 Å². The van der Waals surface area contributed by atoms with Crippen LogP contribution in [0, 0.1) is 5.92 Å². The zero-order valence-electron chi connectivity index (χ0n) is 17.6. The van der Waals surface area contributed by atoms with Crippen molar-refractivity contribution in [1.29, 1.82) is 0 Å². The van der Waals surface area contributed by atoms with Gasteiger partial charge in [0.05, 0.1) is 42.6 Å². The van der Waals surface area contributed by atoms with Crippen molar-refractivity contribution in [3.63, 3.8) is 0 Å². The van der Waals surface area contributed by atoms with E-state index in [-0.39, 0.29) is 24.6 Å². The Kier molecular flexibility index (Phi) is 5.41. The van der Waals surface area contributed by atoms with Gasteiger partial charge in [-0.1, -0.05) is 37.3 Å². The lowest BCUT2D eigenvalue weighted by Gasteiger charge is -2.30. The lowest BCUT2D eigenvalue weighted by Crippen LogP contribution is -2.42. The fourth-order valence-electron chi connectivity index (χ4n) is 4.77. The van der Waals surface area contributed by atoms with Crippen LogP contribution >= 0.6 is 0 Å². The molecule has 2 fully saturated rings. The van der Waals surface area contributed by atoms with Crippen LogP contribution in [0.5, 0.6) is 0 Å². The van der Waals surface area contributed by atoms with Crippen LogP contribution in [0.1, 0.15) is 42.6 Å². The van der Waals surface area contributed by atoms with E-state index in [4.69, 9.17) is 4.74 Å². The van der Waals surface area contributed by atoms with E-state index in [0.29, 0.717) is 49.1 Å². The molecule has 1 aromatic heterocycles. The van der Waals surface area contributed by atoms with Crippen molar-refractivity contribution in [2.24, 2.45) is 10.9 Å². The van der Waals surface area contributed by atoms with Gasteiger partial charge in [-0.15, -0.1) is 0 Å². The molecule has 5 rings (SSSR count). The van der Waals surface area contributed by atoms with Crippen molar-refractivity contribution < 1.29 is 14.6 Å². The van der Waals surface area contributed by atoms with E-state index in [1.54, 1.807) is 0 Å². The van der Waals surface area contributed by atoms with Crippen LogP contribution in [-0.2, 0) is 16.1 Å². The van der Waals surface area contributed by atoms with Crippen LogP contribution in [0.3, 0.4) is 0 Å². The van der Waals surface area contributed by atoms with Crippen molar-refractivity contribution in [2.75, 3.05) is 25.1 Å². The average molecular weight is 422 g/mol. The number of rotatable bonds is 4. The minimum Gasteiger partial charge on any atom is -0.389 e. The number of ether oxygens (including phenoxy) is 1. The van der Waals surface area contributed by atoms with Crippen LogP contribution in [-0.4, -0.2) is 63.5 Å². The molecule has 1 aromatic carbocycles. The summed E-state index contributed by atoms with van der Waals surface area (Å²) in [5.41, 5.74) is 2.96. The van der Waals surface area contributed by atoms with Crippen molar-refractivity contribution in [3.8, 4) is 0 Å². The van der Waals surface area contributed by atoms with E-state index >= 15 is 0 Å². The van der Waals surface area contributed by atoms with Crippen molar-refractivity contribution in [2.45, 2.75) is 44.5 Å². The maximum atomic E-state index is 13.7. The highest BCUT2D eigenvalue weighted by molar-refractivity contribution is 6.47. The summed E-state index contributed by atoms with van der Waals surface area (Å²) in [6.07, 6.45) is 2.46. The third-order valence-corrected chi connectivity index (χ3v) is 6.36. The molecule has 2 N–H and O–H groups in total. The van der Waals surface area contributed by atoms with E-state index in [2.05, 4.69) is 39.3 Å². The minimum atomic E-state index is -0.626. The first-order chi connectivity index (χ1) is 15.1. The summed E-state index contributed by atoms with van der Waals surface area (Å²) in [4.78, 5) is 29.0. The van der Waals surface area contributed by atoms with Gasteiger partial charge in [0.25, 0.3) is 5.91 Å². The third kappa shape index (κ3) is 3.81. The van der Waals surface area contributed by atoms with Crippen molar-refractivity contribution >= 4 is 17.4 Å². The Morgan fingerprint density at radius 2 is 2.10 bits per heavy atom. The predicted molar refractivity (Wildman–Crippen MR) is 116 cm³/mol. The number of aliphatic imine (C=N–C) groups is 1. The number of nitrogens with one attached hydrogen (secondary N) is 1. The number of carbonyl (C=O) groups excluding carboxylic acids is 1. The Balaban J connectivity index is 1.43. The van der Waals surface area contributed by atoms with Crippen LogP contribution in [0.2, 0.25) is 0 Å². The lowest BCUT2D eigenvalue weighted by atomic mass is 10.0. The maximum absolute atomic E-state index is 13.7. The number of benzene rings is 1. The van der Waals surface area contributed by atoms with Gasteiger partial charge in [0.2, 0.25) is 0 Å². The molecule has 0 saturated carbocycles. The zero-order chi connectivity index (χ0) is 21.4. The highest BCUT2D eigenvalue weighted by Gasteiger charge is 2.39. The highest BCUT2D eigenvalue weighted by atomic mass is 16.5. The predicted octanol–water partition coefficient (Wildman–Crippen LogP) is 1.95. The Morgan fingerprint density at radius 1 is 1.26 bits per heavy atom. The van der Waals surface area contributed by atoms with E-state index < -0.39 is 6.10 Å². The summed E-state index contributed by atoms with van der Waals surface area (Å²) >= 11 is 0. The topological polar surface area (TPSA) is 99.9 Å². The first-order valence-electron chi connectivity index (χ1n) is 10.9. The molecule has 2 aromatic rings. The lowest BCUT2D eigenvalue weighted by molar-refractivity contribution is -0.125.